The number of likely N-dealkylation sites (tertiary alicyclic amines) is 1. The molecule has 4 rings (SSSR count). The maximum absolute atomic E-state index is 14.8. The van der Waals surface area contributed by atoms with Gasteiger partial charge in [-0.2, -0.15) is 0 Å². The first-order valence-electron chi connectivity index (χ1n) is 11.1. The predicted octanol–water partition coefficient (Wildman–Crippen LogP) is 3.42. The molecule has 0 aromatic heterocycles. The molecule has 186 valence electrons. The van der Waals surface area contributed by atoms with Crippen molar-refractivity contribution in [3.63, 3.8) is 0 Å². The van der Waals surface area contributed by atoms with Crippen LogP contribution in [0.2, 0.25) is 0 Å². The zero-order valence-corrected chi connectivity index (χ0v) is 20.4. The predicted molar refractivity (Wildman–Crippen MR) is 125 cm³/mol. The lowest BCUT2D eigenvalue weighted by molar-refractivity contribution is -0.125. The average Bonchev–Trinajstić information content (AvgIpc) is 3.58. The van der Waals surface area contributed by atoms with Crippen molar-refractivity contribution in [1.82, 2.24) is 10.2 Å². The highest BCUT2D eigenvalue weighted by atomic mass is 32.2. The van der Waals surface area contributed by atoms with E-state index in [9.17, 15) is 26.8 Å². The molecule has 1 aliphatic carbocycles. The number of methoxy groups -OCH3 is 1. The van der Waals surface area contributed by atoms with E-state index in [0.717, 1.165) is 24.0 Å². The maximum Gasteiger partial charge on any atom is 0.254 e. The van der Waals surface area contributed by atoms with Crippen molar-refractivity contribution < 1.29 is 31.5 Å². The van der Waals surface area contributed by atoms with E-state index in [-0.39, 0.29) is 27.7 Å². The summed E-state index contributed by atoms with van der Waals surface area (Å²) >= 11 is 0. The van der Waals surface area contributed by atoms with E-state index in [2.05, 4.69) is 5.32 Å². The topological polar surface area (TPSA) is 92.8 Å². The Labute approximate surface area is 202 Å². The molecular weight excluding hydrogens is 478 g/mol. The van der Waals surface area contributed by atoms with Gasteiger partial charge in [0.05, 0.1) is 18.0 Å². The molecule has 1 saturated heterocycles. The standard InChI is InChI=1S/C25H26F2N2O5S/c1-14-9-21(29(13-14)25(31)16-5-4-6-17(10-16)35(3,32)33)24(30)28-23(15-7-8-15)18-11-20(27)22(34-2)12-19(18)26/h4-7,10-12,14,21,23H,8-9,13H2,1-3H3,(H,28,30)/t14-,21-,23-/m1/s1. The molecule has 7 nitrogen and oxygen atoms in total. The number of carbonyl (C=O) groups excluding carboxylic acids is 2. The van der Waals surface area contributed by atoms with Gasteiger partial charge in [0.1, 0.15) is 11.9 Å². The van der Waals surface area contributed by atoms with Crippen molar-refractivity contribution in [3.8, 4) is 5.75 Å². The Morgan fingerprint density at radius 1 is 1.17 bits per heavy atom. The van der Waals surface area contributed by atoms with Crippen LogP contribution in [0.4, 0.5) is 8.78 Å². The third kappa shape index (κ3) is 5.22. The van der Waals surface area contributed by atoms with E-state index >= 15 is 0 Å². The quantitative estimate of drug-likeness (QED) is 0.584. The number of allylic oxidation sites excluding steroid dienone is 1. The largest absolute Gasteiger partial charge is 0.494 e. The van der Waals surface area contributed by atoms with Gasteiger partial charge in [0.15, 0.2) is 21.4 Å². The lowest BCUT2D eigenvalue weighted by Crippen LogP contribution is -2.47. The van der Waals surface area contributed by atoms with Gasteiger partial charge in [0.2, 0.25) is 5.91 Å². The molecule has 0 spiro atoms. The summed E-state index contributed by atoms with van der Waals surface area (Å²) in [4.78, 5) is 28.0. The highest BCUT2D eigenvalue weighted by molar-refractivity contribution is 7.90. The van der Waals surface area contributed by atoms with Crippen LogP contribution in [0, 0.1) is 17.6 Å². The summed E-state index contributed by atoms with van der Waals surface area (Å²) in [5, 5.41) is 2.79. The molecule has 0 radical (unpaired) electrons. The first-order chi connectivity index (χ1) is 16.5. The minimum Gasteiger partial charge on any atom is -0.494 e. The van der Waals surface area contributed by atoms with Crippen molar-refractivity contribution in [2.24, 2.45) is 5.92 Å². The van der Waals surface area contributed by atoms with Crippen LogP contribution in [0.15, 0.2) is 52.9 Å². The van der Waals surface area contributed by atoms with E-state index in [1.54, 1.807) is 0 Å². The van der Waals surface area contributed by atoms with Gasteiger partial charge >= 0.3 is 0 Å². The Morgan fingerprint density at radius 3 is 2.51 bits per heavy atom. The lowest BCUT2D eigenvalue weighted by Gasteiger charge is -2.27. The van der Waals surface area contributed by atoms with Crippen LogP contribution < -0.4 is 10.1 Å². The average molecular weight is 505 g/mol. The number of ether oxygens (including phenoxy) is 1. The second-order valence-corrected chi connectivity index (χ2v) is 11.1. The molecule has 0 saturated carbocycles. The van der Waals surface area contributed by atoms with Crippen molar-refractivity contribution in [2.75, 3.05) is 19.9 Å². The first kappa shape index (κ1) is 24.8. The number of benzene rings is 2. The molecule has 1 aliphatic heterocycles. The van der Waals surface area contributed by atoms with Gasteiger partial charge in [0.25, 0.3) is 5.91 Å². The monoisotopic (exact) mass is 504 g/mol. The highest BCUT2D eigenvalue weighted by Crippen LogP contribution is 2.37. The van der Waals surface area contributed by atoms with E-state index in [1.807, 2.05) is 13.0 Å². The van der Waals surface area contributed by atoms with Crippen LogP contribution in [0.3, 0.4) is 0 Å². The summed E-state index contributed by atoms with van der Waals surface area (Å²) in [6, 6.07) is 5.92. The second-order valence-electron chi connectivity index (χ2n) is 9.05. The molecule has 1 N–H and O–H groups in total. The van der Waals surface area contributed by atoms with Gasteiger partial charge in [-0.15, -0.1) is 0 Å². The number of sulfone groups is 1. The summed E-state index contributed by atoms with van der Waals surface area (Å²) in [6.07, 6.45) is 3.80. The fraction of sp³-hybridized carbons (Fsp3) is 0.360. The Balaban J connectivity index is 1.59. The van der Waals surface area contributed by atoms with Crippen LogP contribution in [0.5, 0.6) is 5.75 Å². The molecule has 10 heteroatoms. The molecule has 1 heterocycles. The minimum atomic E-state index is -3.52. The Morgan fingerprint density at radius 2 is 1.89 bits per heavy atom. The smallest absolute Gasteiger partial charge is 0.254 e. The Hall–Kier alpha value is -3.27. The van der Waals surface area contributed by atoms with Crippen molar-refractivity contribution in [3.05, 3.63) is 70.8 Å². The fourth-order valence-electron chi connectivity index (χ4n) is 4.37. The molecular formula is C25H26F2N2O5S. The third-order valence-electron chi connectivity index (χ3n) is 6.26. The minimum absolute atomic E-state index is 0.00865. The van der Waals surface area contributed by atoms with Crippen molar-refractivity contribution in [2.45, 2.75) is 36.7 Å². The number of hydrogen-bond donors (Lipinski definition) is 1. The Bertz CT molecular complexity index is 1330. The number of carbonyl (C=O) groups is 2. The SMILES string of the molecule is COc1cc(F)c([C@H](NC(=O)[C@H]2C[C@@H](C)CN2C(=O)c2cccc(S(C)(=O)=O)c2)C2=CC2)cc1F. The zero-order valence-electron chi connectivity index (χ0n) is 19.5. The van der Waals surface area contributed by atoms with Gasteiger partial charge in [-0.25, -0.2) is 17.2 Å². The fourth-order valence-corrected chi connectivity index (χ4v) is 5.04. The summed E-state index contributed by atoms with van der Waals surface area (Å²) in [5.41, 5.74) is 0.876. The van der Waals surface area contributed by atoms with E-state index < -0.39 is 45.4 Å². The number of amides is 2. The van der Waals surface area contributed by atoms with Crippen LogP contribution in [0.1, 0.15) is 41.7 Å². The van der Waals surface area contributed by atoms with Gasteiger partial charge in [-0.05, 0) is 48.6 Å². The molecule has 2 aromatic carbocycles. The molecule has 0 unspecified atom stereocenters. The van der Waals surface area contributed by atoms with Crippen LogP contribution in [-0.4, -0.2) is 51.1 Å². The summed E-state index contributed by atoms with van der Waals surface area (Å²) in [5.74, 6) is -2.65. The molecule has 2 aliphatic rings. The maximum atomic E-state index is 14.8. The normalized spacial score (nSPS) is 20.3. The number of halogens is 2. The van der Waals surface area contributed by atoms with Gasteiger partial charge in [-0.3, -0.25) is 9.59 Å². The van der Waals surface area contributed by atoms with Gasteiger partial charge in [-0.1, -0.05) is 19.1 Å². The molecule has 35 heavy (non-hydrogen) atoms. The van der Waals surface area contributed by atoms with Crippen LogP contribution in [-0.2, 0) is 14.6 Å². The number of rotatable bonds is 7. The molecule has 2 amide bonds. The number of nitrogens with zero attached hydrogens (tertiary/aromatic N) is 1. The van der Waals surface area contributed by atoms with Gasteiger partial charge in [0, 0.05) is 30.0 Å². The molecule has 2 aromatic rings. The summed E-state index contributed by atoms with van der Waals surface area (Å²) in [6.45, 7) is 2.21. The zero-order chi connectivity index (χ0) is 25.5. The number of nitrogens with one attached hydrogen (secondary N) is 1. The van der Waals surface area contributed by atoms with Crippen LogP contribution >= 0.6 is 0 Å². The summed E-state index contributed by atoms with van der Waals surface area (Å²) in [7, 11) is -2.28. The number of hydrogen-bond acceptors (Lipinski definition) is 5. The van der Waals surface area contributed by atoms with Crippen molar-refractivity contribution in [1.29, 1.82) is 0 Å². The first-order valence-corrected chi connectivity index (χ1v) is 13.0. The van der Waals surface area contributed by atoms with Crippen LogP contribution in [0.25, 0.3) is 0 Å². The van der Waals surface area contributed by atoms with E-state index in [0.29, 0.717) is 19.4 Å². The molecule has 0 bridgehead atoms. The summed E-state index contributed by atoms with van der Waals surface area (Å²) < 4.78 is 57.7. The second kappa shape index (κ2) is 9.41. The van der Waals surface area contributed by atoms with E-state index in [1.165, 1.54) is 36.3 Å². The lowest BCUT2D eigenvalue weighted by atomic mass is 10.0. The molecule has 1 fully saturated rings. The Kier molecular flexibility index (Phi) is 6.68. The highest BCUT2D eigenvalue weighted by Gasteiger charge is 2.40. The third-order valence-corrected chi connectivity index (χ3v) is 7.37. The van der Waals surface area contributed by atoms with E-state index in [4.69, 9.17) is 4.74 Å². The molecule has 3 atom stereocenters. The van der Waals surface area contributed by atoms with Gasteiger partial charge < -0.3 is 15.0 Å². The van der Waals surface area contributed by atoms with Crippen molar-refractivity contribution >= 4 is 21.7 Å².